The Morgan fingerprint density at radius 2 is 1.73 bits per heavy atom. The molecular weight excluding hydrogens is 322 g/mol. The molecule has 26 heavy (non-hydrogen) atoms. The normalized spacial score (nSPS) is 52.9. The standard InChI is InChI=1S/C22H37N3O/c1-3-4-11-22-14-24-12-21(2,20(22)26)13-25(15-22)19(24)18-10-9-16-7-5-6-8-17(16)23-18/h16-19,23H,3-15H2,1-2H3/p+1. The molecule has 4 heteroatoms. The number of hydrogen-bond donors (Lipinski definition) is 1. The quantitative estimate of drug-likeness (QED) is 0.833. The van der Waals surface area contributed by atoms with E-state index < -0.39 is 0 Å². The topological polar surface area (TPSA) is 40.2 Å². The number of hydrogen-bond acceptors (Lipinski definition) is 3. The molecule has 5 aliphatic heterocycles. The third-order valence-electron chi connectivity index (χ3n) is 8.62. The van der Waals surface area contributed by atoms with Crippen molar-refractivity contribution in [2.45, 2.75) is 89.9 Å². The fourth-order valence-corrected chi connectivity index (χ4v) is 7.66. The Bertz CT molecular complexity index is 560. The van der Waals surface area contributed by atoms with Crippen LogP contribution in [0.4, 0.5) is 0 Å². The van der Waals surface area contributed by atoms with E-state index in [1.165, 1.54) is 51.4 Å². The first-order valence-electron chi connectivity index (χ1n) is 11.4. The van der Waals surface area contributed by atoms with Crippen LogP contribution in [0.25, 0.3) is 0 Å². The fourth-order valence-electron chi connectivity index (χ4n) is 7.66. The third-order valence-corrected chi connectivity index (χ3v) is 8.62. The highest BCUT2D eigenvalue weighted by Gasteiger charge is 2.65. The molecule has 0 aromatic carbocycles. The summed E-state index contributed by atoms with van der Waals surface area (Å²) in [6.07, 6.45) is 12.7. The van der Waals surface area contributed by atoms with Gasteiger partial charge in [0, 0.05) is 38.5 Å². The first-order chi connectivity index (χ1) is 12.5. The zero-order valence-electron chi connectivity index (χ0n) is 16.9. The molecule has 6 rings (SSSR count). The Kier molecular flexibility index (Phi) is 4.26. The van der Waals surface area contributed by atoms with Crippen LogP contribution in [0.3, 0.4) is 0 Å². The van der Waals surface area contributed by atoms with Gasteiger partial charge in [0.1, 0.15) is 18.0 Å². The molecule has 6 aliphatic rings. The zero-order valence-corrected chi connectivity index (χ0v) is 16.9. The van der Waals surface area contributed by atoms with Crippen molar-refractivity contribution in [1.29, 1.82) is 0 Å². The molecule has 4 nitrogen and oxygen atoms in total. The molecular formula is C22H38N3O+. The van der Waals surface area contributed by atoms with E-state index in [-0.39, 0.29) is 10.8 Å². The third kappa shape index (κ3) is 2.55. The van der Waals surface area contributed by atoms with Crippen molar-refractivity contribution in [1.82, 2.24) is 9.80 Å². The Labute approximate surface area is 159 Å². The van der Waals surface area contributed by atoms with Crippen molar-refractivity contribution in [2.75, 3.05) is 26.2 Å². The van der Waals surface area contributed by atoms with E-state index in [2.05, 4.69) is 29.0 Å². The van der Waals surface area contributed by atoms with Gasteiger partial charge in [-0.1, -0.05) is 33.1 Å². The van der Waals surface area contributed by atoms with Crippen LogP contribution in [0.2, 0.25) is 0 Å². The van der Waals surface area contributed by atoms with Crippen molar-refractivity contribution in [3.63, 3.8) is 0 Å². The number of nitrogens with zero attached hydrogens (tertiary/aromatic N) is 2. The van der Waals surface area contributed by atoms with Crippen LogP contribution in [0.1, 0.15) is 71.6 Å². The van der Waals surface area contributed by atoms with Crippen LogP contribution >= 0.6 is 0 Å². The number of fused-ring (bicyclic) bond motifs is 1. The lowest BCUT2D eigenvalue weighted by Crippen LogP contribution is -3.02. The van der Waals surface area contributed by atoms with Gasteiger partial charge in [-0.05, 0) is 32.1 Å². The SMILES string of the molecule is CCCCC12CN3CC(C)(CN(C1)C3C1CCC3CCCCC3[NH2+]1)C2=O. The summed E-state index contributed by atoms with van der Waals surface area (Å²) in [7, 11) is 0. The van der Waals surface area contributed by atoms with Crippen LogP contribution in [-0.2, 0) is 4.79 Å². The summed E-state index contributed by atoms with van der Waals surface area (Å²) in [5.41, 5.74) is -0.164. The first-order valence-corrected chi connectivity index (χ1v) is 11.4. The second-order valence-corrected chi connectivity index (χ2v) is 10.6. The smallest absolute Gasteiger partial charge is 0.150 e. The first kappa shape index (κ1) is 17.6. The lowest BCUT2D eigenvalue weighted by Gasteiger charge is -2.66. The molecule has 0 radical (unpaired) electrons. The number of nitrogens with two attached hydrogens (primary N) is 1. The van der Waals surface area contributed by atoms with Gasteiger partial charge < -0.3 is 5.32 Å². The zero-order chi connectivity index (χ0) is 17.9. The second-order valence-electron chi connectivity index (χ2n) is 10.6. The molecule has 0 aromatic heterocycles. The van der Waals surface area contributed by atoms with Gasteiger partial charge in [0.2, 0.25) is 0 Å². The van der Waals surface area contributed by atoms with Crippen molar-refractivity contribution >= 4 is 5.78 Å². The number of piperidine rings is 3. The van der Waals surface area contributed by atoms with Gasteiger partial charge in [-0.3, -0.25) is 14.6 Å². The van der Waals surface area contributed by atoms with E-state index in [0.717, 1.165) is 50.6 Å². The van der Waals surface area contributed by atoms with E-state index in [4.69, 9.17) is 0 Å². The summed E-state index contributed by atoms with van der Waals surface area (Å²) in [6.45, 7) is 8.63. The van der Waals surface area contributed by atoms with Gasteiger partial charge in [-0.15, -0.1) is 0 Å². The lowest BCUT2D eigenvalue weighted by atomic mass is 9.59. The van der Waals surface area contributed by atoms with Gasteiger partial charge in [-0.25, -0.2) is 0 Å². The summed E-state index contributed by atoms with van der Waals surface area (Å²) in [6, 6.07) is 1.62. The highest BCUT2D eigenvalue weighted by molar-refractivity contribution is 5.93. The van der Waals surface area contributed by atoms with Gasteiger partial charge >= 0.3 is 0 Å². The van der Waals surface area contributed by atoms with E-state index in [1.54, 1.807) is 0 Å². The molecule has 5 unspecified atom stereocenters. The largest absolute Gasteiger partial charge is 0.339 e. The van der Waals surface area contributed by atoms with Crippen molar-refractivity contribution in [2.24, 2.45) is 16.7 Å². The number of ketones is 1. The van der Waals surface area contributed by atoms with Crippen molar-refractivity contribution in [3.8, 4) is 0 Å². The molecule has 1 aliphatic carbocycles. The van der Waals surface area contributed by atoms with Gasteiger partial charge in [-0.2, -0.15) is 0 Å². The summed E-state index contributed by atoms with van der Waals surface area (Å²) in [5, 5.41) is 2.78. The Morgan fingerprint density at radius 3 is 2.46 bits per heavy atom. The maximum atomic E-state index is 13.3. The van der Waals surface area contributed by atoms with Crippen LogP contribution in [-0.4, -0.2) is 60.0 Å². The molecule has 5 atom stereocenters. The minimum absolute atomic E-state index is 0.0558. The number of rotatable bonds is 4. The number of carbonyl (C=O) groups excluding carboxylic acids is 1. The van der Waals surface area contributed by atoms with E-state index in [0.29, 0.717) is 11.9 Å². The predicted octanol–water partition coefficient (Wildman–Crippen LogP) is 1.99. The molecule has 2 N–H and O–H groups in total. The number of Topliss-reactive ketones (excluding diaryl/α,β-unsaturated/α-hetero) is 1. The molecule has 0 amide bonds. The molecule has 5 saturated heterocycles. The number of quaternary nitrogens is 1. The molecule has 0 spiro atoms. The minimum atomic E-state index is -0.108. The minimum Gasteiger partial charge on any atom is -0.339 e. The van der Waals surface area contributed by atoms with Crippen molar-refractivity contribution in [3.05, 3.63) is 0 Å². The maximum Gasteiger partial charge on any atom is 0.150 e. The van der Waals surface area contributed by atoms with Crippen LogP contribution < -0.4 is 5.32 Å². The highest BCUT2D eigenvalue weighted by Crippen LogP contribution is 2.51. The average molecular weight is 361 g/mol. The number of unbranched alkanes of at least 4 members (excludes halogenated alkanes) is 1. The summed E-state index contributed by atoms with van der Waals surface area (Å²) < 4.78 is 0. The molecule has 146 valence electrons. The van der Waals surface area contributed by atoms with E-state index in [1.807, 2.05) is 0 Å². The lowest BCUT2D eigenvalue weighted by molar-refractivity contribution is -0.746. The van der Waals surface area contributed by atoms with Crippen molar-refractivity contribution < 1.29 is 10.1 Å². The Balaban J connectivity index is 1.36. The van der Waals surface area contributed by atoms with Gasteiger partial charge in [0.25, 0.3) is 0 Å². The Hall–Kier alpha value is -0.450. The predicted molar refractivity (Wildman–Crippen MR) is 103 cm³/mol. The number of carbonyl (C=O) groups is 1. The van der Waals surface area contributed by atoms with Crippen LogP contribution in [0.15, 0.2) is 0 Å². The summed E-state index contributed by atoms with van der Waals surface area (Å²) in [5.74, 6) is 1.58. The van der Waals surface area contributed by atoms with Crippen LogP contribution in [0.5, 0.6) is 0 Å². The fraction of sp³-hybridized carbons (Fsp3) is 0.955. The molecule has 6 fully saturated rings. The summed E-state index contributed by atoms with van der Waals surface area (Å²) >= 11 is 0. The summed E-state index contributed by atoms with van der Waals surface area (Å²) in [4.78, 5) is 18.8. The monoisotopic (exact) mass is 360 g/mol. The molecule has 0 aromatic rings. The second kappa shape index (κ2) is 6.28. The van der Waals surface area contributed by atoms with Gasteiger partial charge in [0.15, 0.2) is 0 Å². The highest BCUT2D eigenvalue weighted by atomic mass is 16.1. The van der Waals surface area contributed by atoms with Crippen LogP contribution in [0, 0.1) is 16.7 Å². The Morgan fingerprint density at radius 1 is 1.00 bits per heavy atom. The average Bonchev–Trinajstić information content (AvgIpc) is 2.63. The van der Waals surface area contributed by atoms with E-state index in [9.17, 15) is 4.79 Å². The molecule has 5 heterocycles. The maximum absolute atomic E-state index is 13.3. The van der Waals surface area contributed by atoms with Gasteiger partial charge in [0.05, 0.1) is 16.9 Å². The van der Waals surface area contributed by atoms with E-state index >= 15 is 0 Å². The molecule has 1 saturated carbocycles. The molecule has 4 bridgehead atoms.